The number of rotatable bonds is 6. The van der Waals surface area contributed by atoms with E-state index in [2.05, 4.69) is 93.2 Å². The smallest absolute Gasteiger partial charge is 0.0486 e. The van der Waals surface area contributed by atoms with E-state index in [1.807, 2.05) is 6.07 Å². The van der Waals surface area contributed by atoms with Gasteiger partial charge in [0.25, 0.3) is 0 Å². The van der Waals surface area contributed by atoms with Crippen LogP contribution in [0, 0.1) is 30.6 Å². The maximum Gasteiger partial charge on any atom is 0.0486 e. The lowest BCUT2D eigenvalue weighted by atomic mass is 9.68. The first-order valence-corrected chi connectivity index (χ1v) is 12.8. The molecule has 0 amide bonds. The molecule has 2 aliphatic carbocycles. The molecule has 2 bridgehead atoms. The summed E-state index contributed by atoms with van der Waals surface area (Å²) < 4.78 is 2.40. The molecule has 33 heavy (non-hydrogen) atoms. The predicted octanol–water partition coefficient (Wildman–Crippen LogP) is 7.78. The second kappa shape index (κ2) is 8.32. The highest BCUT2D eigenvalue weighted by Crippen LogP contribution is 2.62. The zero-order valence-corrected chi connectivity index (χ0v) is 21.5. The van der Waals surface area contributed by atoms with E-state index >= 15 is 0 Å². The van der Waals surface area contributed by atoms with Crippen molar-refractivity contribution >= 4 is 11.6 Å². The van der Waals surface area contributed by atoms with Crippen molar-refractivity contribution in [1.82, 2.24) is 9.88 Å². The largest absolute Gasteiger partial charge is 0.343 e. The maximum absolute atomic E-state index is 6.33. The topological polar surface area (TPSA) is 17.0 Å². The number of aromatic nitrogens is 1. The van der Waals surface area contributed by atoms with Crippen molar-refractivity contribution in [3.63, 3.8) is 0 Å². The highest BCUT2D eigenvalue weighted by atomic mass is 35.5. The van der Waals surface area contributed by atoms with Crippen LogP contribution in [0.25, 0.3) is 11.3 Å². The van der Waals surface area contributed by atoms with E-state index in [1.54, 1.807) is 0 Å². The van der Waals surface area contributed by atoms with Gasteiger partial charge in [0.2, 0.25) is 0 Å². The molecule has 2 aliphatic rings. The molecule has 0 radical (unpaired) electrons. The lowest BCUT2D eigenvalue weighted by Crippen LogP contribution is -2.49. The SMILES string of the molecule is Cc1ccc(Cn2cc(CN[C@@H]3C(C)(C)C4CC[C@@]3(C)C4)cc2-c2ccc(Cl)c(C)c2)cc1. The van der Waals surface area contributed by atoms with Gasteiger partial charge in [0.1, 0.15) is 0 Å². The van der Waals surface area contributed by atoms with Crippen molar-refractivity contribution in [3.8, 4) is 11.3 Å². The number of aryl methyl sites for hydroxylation is 2. The minimum atomic E-state index is 0.369. The summed E-state index contributed by atoms with van der Waals surface area (Å²) in [5.74, 6) is 0.860. The average Bonchev–Trinajstić information content (AvgIpc) is 3.40. The molecule has 3 aromatic rings. The summed E-state index contributed by atoms with van der Waals surface area (Å²) in [5, 5.41) is 4.83. The highest BCUT2D eigenvalue weighted by Gasteiger charge is 2.58. The summed E-state index contributed by atoms with van der Waals surface area (Å²) in [5.41, 5.74) is 8.38. The molecule has 1 unspecified atom stereocenters. The monoisotopic (exact) mass is 460 g/mol. The third-order valence-electron chi connectivity index (χ3n) is 8.66. The molecule has 2 aromatic carbocycles. The maximum atomic E-state index is 6.33. The third-order valence-corrected chi connectivity index (χ3v) is 9.08. The number of fused-ring (bicyclic) bond motifs is 2. The fourth-order valence-electron chi connectivity index (χ4n) is 6.77. The fourth-order valence-corrected chi connectivity index (χ4v) is 6.89. The molecule has 2 fully saturated rings. The van der Waals surface area contributed by atoms with Crippen molar-refractivity contribution < 1.29 is 0 Å². The molecule has 0 aliphatic heterocycles. The van der Waals surface area contributed by atoms with E-state index in [9.17, 15) is 0 Å². The molecule has 1 N–H and O–H groups in total. The van der Waals surface area contributed by atoms with Crippen LogP contribution < -0.4 is 5.32 Å². The van der Waals surface area contributed by atoms with E-state index < -0.39 is 0 Å². The Morgan fingerprint density at radius 3 is 2.42 bits per heavy atom. The Labute approximate surface area is 204 Å². The van der Waals surface area contributed by atoms with E-state index in [4.69, 9.17) is 11.6 Å². The summed E-state index contributed by atoms with van der Waals surface area (Å²) in [6, 6.07) is 18.2. The van der Waals surface area contributed by atoms with Crippen LogP contribution in [0.4, 0.5) is 0 Å². The normalized spacial score (nSPS) is 25.6. The Morgan fingerprint density at radius 1 is 1.00 bits per heavy atom. The molecule has 0 spiro atoms. The van der Waals surface area contributed by atoms with Crippen LogP contribution in [-0.2, 0) is 13.1 Å². The quantitative estimate of drug-likeness (QED) is 0.397. The van der Waals surface area contributed by atoms with Gasteiger partial charge in [-0.3, -0.25) is 0 Å². The Morgan fingerprint density at radius 2 is 1.76 bits per heavy atom. The van der Waals surface area contributed by atoms with E-state index in [0.29, 0.717) is 16.9 Å². The molecule has 1 aromatic heterocycles. The number of hydrogen-bond donors (Lipinski definition) is 1. The van der Waals surface area contributed by atoms with Gasteiger partial charge in [-0.25, -0.2) is 0 Å². The first-order chi connectivity index (χ1) is 15.7. The van der Waals surface area contributed by atoms with Crippen molar-refractivity contribution in [2.24, 2.45) is 16.7 Å². The summed E-state index contributed by atoms with van der Waals surface area (Å²) in [6.07, 6.45) is 6.48. The van der Waals surface area contributed by atoms with Crippen molar-refractivity contribution in [1.29, 1.82) is 0 Å². The van der Waals surface area contributed by atoms with Crippen LogP contribution in [0.1, 0.15) is 62.3 Å². The molecule has 2 saturated carbocycles. The summed E-state index contributed by atoms with van der Waals surface area (Å²) in [6.45, 7) is 13.5. The highest BCUT2D eigenvalue weighted by molar-refractivity contribution is 6.31. The van der Waals surface area contributed by atoms with Gasteiger partial charge in [-0.1, -0.05) is 68.3 Å². The molecule has 5 rings (SSSR count). The molecular weight excluding hydrogens is 424 g/mol. The fraction of sp³-hybridized carbons (Fsp3) is 0.467. The van der Waals surface area contributed by atoms with Gasteiger partial charge >= 0.3 is 0 Å². The van der Waals surface area contributed by atoms with E-state index in [0.717, 1.165) is 29.6 Å². The minimum absolute atomic E-state index is 0.369. The number of nitrogens with zero attached hydrogens (tertiary/aromatic N) is 1. The second-order valence-corrected chi connectivity index (χ2v) is 11.9. The number of hydrogen-bond acceptors (Lipinski definition) is 1. The first kappa shape index (κ1) is 22.7. The summed E-state index contributed by atoms with van der Waals surface area (Å²) >= 11 is 6.33. The van der Waals surface area contributed by atoms with Crippen LogP contribution in [0.2, 0.25) is 5.02 Å². The molecule has 174 valence electrons. The molecule has 1 heterocycles. The van der Waals surface area contributed by atoms with E-state index in [-0.39, 0.29) is 0 Å². The van der Waals surface area contributed by atoms with Crippen LogP contribution in [0.5, 0.6) is 0 Å². The van der Waals surface area contributed by atoms with Crippen LogP contribution >= 0.6 is 11.6 Å². The zero-order chi connectivity index (χ0) is 23.4. The van der Waals surface area contributed by atoms with Crippen LogP contribution in [-0.4, -0.2) is 10.6 Å². The van der Waals surface area contributed by atoms with Gasteiger partial charge < -0.3 is 9.88 Å². The van der Waals surface area contributed by atoms with Gasteiger partial charge in [0.05, 0.1) is 0 Å². The number of benzene rings is 2. The lowest BCUT2D eigenvalue weighted by molar-refractivity contribution is 0.108. The van der Waals surface area contributed by atoms with Gasteiger partial charge in [-0.2, -0.15) is 0 Å². The zero-order valence-electron chi connectivity index (χ0n) is 20.7. The van der Waals surface area contributed by atoms with Gasteiger partial charge in [-0.05, 0) is 90.3 Å². The van der Waals surface area contributed by atoms with Gasteiger partial charge in [-0.15, -0.1) is 0 Å². The van der Waals surface area contributed by atoms with Crippen molar-refractivity contribution in [2.45, 2.75) is 73.0 Å². The summed E-state index contributed by atoms with van der Waals surface area (Å²) in [4.78, 5) is 0. The Kier molecular flexibility index (Phi) is 5.74. The van der Waals surface area contributed by atoms with Crippen molar-refractivity contribution in [2.75, 3.05) is 0 Å². The molecular formula is C30H37ClN2. The Balaban J connectivity index is 1.43. The summed E-state index contributed by atoms with van der Waals surface area (Å²) in [7, 11) is 0. The van der Waals surface area contributed by atoms with Gasteiger partial charge in [0, 0.05) is 36.0 Å². The standard InChI is InChI=1S/C30H37ClN2/c1-20-6-8-22(9-7-20)18-33-19-23(15-27(33)24-10-11-26(31)21(2)14-24)17-32-28-29(3,4)25-12-13-30(28,5)16-25/h6-11,14-15,19,25,28,32H,12-13,16-18H2,1-5H3/t25?,28-,30+/m1/s1. The molecule has 2 nitrogen and oxygen atoms in total. The number of halogens is 1. The predicted molar refractivity (Wildman–Crippen MR) is 140 cm³/mol. The molecule has 3 heteroatoms. The third kappa shape index (κ3) is 4.17. The molecule has 3 atom stereocenters. The first-order valence-electron chi connectivity index (χ1n) is 12.4. The second-order valence-electron chi connectivity index (χ2n) is 11.5. The average molecular weight is 461 g/mol. The van der Waals surface area contributed by atoms with Crippen molar-refractivity contribution in [3.05, 3.63) is 82.0 Å². The van der Waals surface area contributed by atoms with Gasteiger partial charge in [0.15, 0.2) is 0 Å². The van der Waals surface area contributed by atoms with Crippen LogP contribution in [0.3, 0.4) is 0 Å². The minimum Gasteiger partial charge on any atom is -0.343 e. The molecule has 0 saturated heterocycles. The van der Waals surface area contributed by atoms with E-state index in [1.165, 1.54) is 47.2 Å². The number of nitrogens with one attached hydrogen (secondary N) is 1. The van der Waals surface area contributed by atoms with Crippen LogP contribution in [0.15, 0.2) is 54.7 Å². The lowest BCUT2D eigenvalue weighted by Gasteiger charge is -2.43. The Bertz CT molecular complexity index is 1150. The Hall–Kier alpha value is -2.03.